The largest absolute Gasteiger partial charge is 0.315 e. The molecule has 0 aromatic heterocycles. The van der Waals surface area contributed by atoms with Crippen LogP contribution >= 0.6 is 0 Å². The molecule has 112 valence electrons. The van der Waals surface area contributed by atoms with Crippen LogP contribution in [-0.4, -0.2) is 45.9 Å². The van der Waals surface area contributed by atoms with E-state index in [1.807, 2.05) is 24.3 Å². The quantitative estimate of drug-likeness (QED) is 0.909. The van der Waals surface area contributed by atoms with Crippen LogP contribution in [0.1, 0.15) is 18.9 Å². The van der Waals surface area contributed by atoms with Crippen molar-refractivity contribution in [2.45, 2.75) is 19.8 Å². The Morgan fingerprint density at radius 2 is 1.90 bits per heavy atom. The van der Waals surface area contributed by atoms with Gasteiger partial charge in [0, 0.05) is 26.7 Å². The van der Waals surface area contributed by atoms with Gasteiger partial charge in [0.1, 0.15) is 0 Å². The number of benzene rings is 1. The summed E-state index contributed by atoms with van der Waals surface area (Å²) in [5.74, 6) is 0. The lowest BCUT2D eigenvalue weighted by atomic mass is 10.1. The molecule has 0 amide bonds. The minimum atomic E-state index is -3.43. The van der Waals surface area contributed by atoms with E-state index in [0.29, 0.717) is 25.3 Å². The molecule has 5 nitrogen and oxygen atoms in total. The molecule has 0 radical (unpaired) electrons. The molecule has 1 heterocycles. The number of anilines is 1. The van der Waals surface area contributed by atoms with Crippen molar-refractivity contribution in [2.24, 2.45) is 0 Å². The average Bonchev–Trinajstić information content (AvgIpc) is 2.76. The van der Waals surface area contributed by atoms with Crippen LogP contribution in [0.2, 0.25) is 0 Å². The van der Waals surface area contributed by atoms with Crippen molar-refractivity contribution < 1.29 is 8.42 Å². The maximum Gasteiger partial charge on any atom is 0.303 e. The number of rotatable bonds is 4. The van der Waals surface area contributed by atoms with E-state index in [4.69, 9.17) is 0 Å². The molecule has 1 aromatic carbocycles. The molecular formula is C14H23N3O2S. The zero-order valence-corrected chi connectivity index (χ0v) is 13.0. The molecule has 0 saturated carbocycles. The summed E-state index contributed by atoms with van der Waals surface area (Å²) < 4.78 is 28.2. The highest BCUT2D eigenvalue weighted by Crippen LogP contribution is 2.20. The molecule has 20 heavy (non-hydrogen) atoms. The Bertz CT molecular complexity index is 520. The summed E-state index contributed by atoms with van der Waals surface area (Å²) in [5.41, 5.74) is 1.91. The molecule has 0 unspecified atom stereocenters. The predicted molar refractivity (Wildman–Crippen MR) is 82.2 cm³/mol. The first kappa shape index (κ1) is 15.3. The molecule has 1 N–H and O–H groups in total. The van der Waals surface area contributed by atoms with Crippen LogP contribution in [0.15, 0.2) is 24.3 Å². The number of nitrogens with zero attached hydrogens (tertiary/aromatic N) is 2. The molecule has 0 aliphatic carbocycles. The Morgan fingerprint density at radius 1 is 1.20 bits per heavy atom. The van der Waals surface area contributed by atoms with E-state index >= 15 is 0 Å². The van der Waals surface area contributed by atoms with Gasteiger partial charge in [0.25, 0.3) is 0 Å². The van der Waals surface area contributed by atoms with Crippen LogP contribution in [0.5, 0.6) is 0 Å². The third kappa shape index (κ3) is 3.31. The summed E-state index contributed by atoms with van der Waals surface area (Å²) in [6, 6.07) is 7.69. The molecule has 1 aliphatic rings. The van der Waals surface area contributed by atoms with E-state index in [1.165, 1.54) is 9.87 Å². The van der Waals surface area contributed by atoms with Gasteiger partial charge in [-0.1, -0.05) is 19.1 Å². The zero-order chi connectivity index (χ0) is 14.6. The fourth-order valence-corrected chi connectivity index (χ4v) is 3.72. The Morgan fingerprint density at radius 3 is 2.55 bits per heavy atom. The Labute approximate surface area is 121 Å². The van der Waals surface area contributed by atoms with E-state index in [1.54, 1.807) is 11.4 Å². The van der Waals surface area contributed by atoms with Gasteiger partial charge in [-0.2, -0.15) is 12.7 Å². The molecule has 1 saturated heterocycles. The Kier molecular flexibility index (Phi) is 5.01. The maximum absolute atomic E-state index is 12.6. The lowest BCUT2D eigenvalue weighted by Gasteiger charge is -2.27. The summed E-state index contributed by atoms with van der Waals surface area (Å²) in [6.07, 6.45) is 1.80. The van der Waals surface area contributed by atoms with Crippen molar-refractivity contribution in [1.82, 2.24) is 9.62 Å². The third-order valence-electron chi connectivity index (χ3n) is 3.68. The first-order valence-electron chi connectivity index (χ1n) is 7.09. The van der Waals surface area contributed by atoms with Crippen LogP contribution in [0.4, 0.5) is 5.69 Å². The third-order valence-corrected chi connectivity index (χ3v) is 5.60. The molecule has 0 bridgehead atoms. The fraction of sp³-hybridized carbons (Fsp3) is 0.571. The molecule has 0 atom stereocenters. The van der Waals surface area contributed by atoms with Crippen molar-refractivity contribution in [2.75, 3.05) is 37.5 Å². The zero-order valence-electron chi connectivity index (χ0n) is 12.2. The van der Waals surface area contributed by atoms with Crippen LogP contribution in [0.3, 0.4) is 0 Å². The van der Waals surface area contributed by atoms with Crippen molar-refractivity contribution >= 4 is 15.9 Å². The standard InChI is InChI=1S/C14H23N3O2S/c1-3-13-5-7-14(8-6-13)16(2)20(18,19)17-11-4-9-15-10-12-17/h5-8,15H,3-4,9-12H2,1-2H3. The second-order valence-electron chi connectivity index (χ2n) is 5.00. The molecular weight excluding hydrogens is 274 g/mol. The van der Waals surface area contributed by atoms with E-state index in [0.717, 1.165) is 19.4 Å². The Balaban J connectivity index is 2.18. The van der Waals surface area contributed by atoms with E-state index in [-0.39, 0.29) is 0 Å². The van der Waals surface area contributed by atoms with Gasteiger partial charge in [-0.25, -0.2) is 0 Å². The van der Waals surface area contributed by atoms with Gasteiger partial charge in [0.15, 0.2) is 0 Å². The first-order valence-corrected chi connectivity index (χ1v) is 8.49. The summed E-state index contributed by atoms with van der Waals surface area (Å²) in [6.45, 7) is 4.77. The summed E-state index contributed by atoms with van der Waals surface area (Å²) in [5, 5.41) is 3.22. The maximum atomic E-state index is 12.6. The SMILES string of the molecule is CCc1ccc(N(C)S(=O)(=O)N2CCCNCC2)cc1. The molecule has 6 heteroatoms. The number of hydrogen-bond acceptors (Lipinski definition) is 3. The highest BCUT2D eigenvalue weighted by molar-refractivity contribution is 7.90. The minimum Gasteiger partial charge on any atom is -0.315 e. The number of nitrogens with one attached hydrogen (secondary N) is 1. The lowest BCUT2D eigenvalue weighted by Crippen LogP contribution is -2.43. The van der Waals surface area contributed by atoms with Crippen molar-refractivity contribution in [1.29, 1.82) is 0 Å². The van der Waals surface area contributed by atoms with Gasteiger partial charge in [0.05, 0.1) is 5.69 Å². The van der Waals surface area contributed by atoms with Crippen molar-refractivity contribution in [3.05, 3.63) is 29.8 Å². The van der Waals surface area contributed by atoms with Gasteiger partial charge >= 0.3 is 10.2 Å². The lowest BCUT2D eigenvalue weighted by molar-refractivity contribution is 0.431. The van der Waals surface area contributed by atoms with E-state index < -0.39 is 10.2 Å². The topological polar surface area (TPSA) is 52.7 Å². The van der Waals surface area contributed by atoms with Gasteiger partial charge in [0.2, 0.25) is 0 Å². The van der Waals surface area contributed by atoms with Crippen LogP contribution in [-0.2, 0) is 16.6 Å². The van der Waals surface area contributed by atoms with Gasteiger partial charge in [-0.3, -0.25) is 4.31 Å². The van der Waals surface area contributed by atoms with Crippen LogP contribution in [0, 0.1) is 0 Å². The molecule has 1 aliphatic heterocycles. The first-order chi connectivity index (χ1) is 9.55. The average molecular weight is 297 g/mol. The summed E-state index contributed by atoms with van der Waals surface area (Å²) in [7, 11) is -1.81. The fourth-order valence-electron chi connectivity index (χ4n) is 2.30. The van der Waals surface area contributed by atoms with Crippen LogP contribution < -0.4 is 9.62 Å². The minimum absolute atomic E-state index is 0.527. The number of hydrogen-bond donors (Lipinski definition) is 1. The van der Waals surface area contributed by atoms with Gasteiger partial charge in [-0.05, 0) is 37.1 Å². The Hall–Kier alpha value is -1.11. The number of aryl methyl sites for hydroxylation is 1. The molecule has 1 fully saturated rings. The second-order valence-corrected chi connectivity index (χ2v) is 6.96. The molecule has 0 spiro atoms. The van der Waals surface area contributed by atoms with Crippen LogP contribution in [0.25, 0.3) is 0 Å². The highest BCUT2D eigenvalue weighted by Gasteiger charge is 2.27. The monoisotopic (exact) mass is 297 g/mol. The summed E-state index contributed by atoms with van der Waals surface area (Å²) >= 11 is 0. The smallest absolute Gasteiger partial charge is 0.303 e. The van der Waals surface area contributed by atoms with Crippen molar-refractivity contribution in [3.63, 3.8) is 0 Å². The highest BCUT2D eigenvalue weighted by atomic mass is 32.2. The molecule has 2 rings (SSSR count). The van der Waals surface area contributed by atoms with E-state index in [9.17, 15) is 8.42 Å². The van der Waals surface area contributed by atoms with Gasteiger partial charge < -0.3 is 5.32 Å². The normalized spacial score (nSPS) is 17.7. The van der Waals surface area contributed by atoms with Gasteiger partial charge in [-0.15, -0.1) is 0 Å². The van der Waals surface area contributed by atoms with E-state index in [2.05, 4.69) is 12.2 Å². The molecule has 1 aromatic rings. The van der Waals surface area contributed by atoms with Crippen molar-refractivity contribution in [3.8, 4) is 0 Å². The summed E-state index contributed by atoms with van der Waals surface area (Å²) in [4.78, 5) is 0. The second kappa shape index (κ2) is 6.56. The predicted octanol–water partition coefficient (Wildman–Crippen LogP) is 1.23.